The van der Waals surface area contributed by atoms with Gasteiger partial charge in [-0.05, 0) is 50.1 Å². The number of rotatable bonds is 7. The highest BCUT2D eigenvalue weighted by Crippen LogP contribution is 2.36. The lowest BCUT2D eigenvalue weighted by Gasteiger charge is -2.22. The lowest BCUT2D eigenvalue weighted by Crippen LogP contribution is -2.33. The number of hydrogen-bond acceptors (Lipinski definition) is 7. The fourth-order valence-corrected chi connectivity index (χ4v) is 5.36. The summed E-state index contributed by atoms with van der Waals surface area (Å²) in [6.07, 6.45) is 3.83. The number of benzene rings is 1. The lowest BCUT2D eigenvalue weighted by atomic mass is 10.2. The zero-order valence-electron chi connectivity index (χ0n) is 18.8. The van der Waals surface area contributed by atoms with Crippen molar-refractivity contribution in [1.29, 1.82) is 0 Å². The maximum atomic E-state index is 13.1. The van der Waals surface area contributed by atoms with Gasteiger partial charge in [0.25, 0.3) is 0 Å². The molecular weight excluding hydrogens is 450 g/mol. The van der Waals surface area contributed by atoms with Gasteiger partial charge in [0.1, 0.15) is 4.88 Å². The lowest BCUT2D eigenvalue weighted by molar-refractivity contribution is -0.117. The van der Waals surface area contributed by atoms with Crippen molar-refractivity contribution in [3.8, 4) is 10.4 Å². The van der Waals surface area contributed by atoms with Gasteiger partial charge in [-0.15, -0.1) is 21.5 Å². The molecule has 0 bridgehead atoms. The molecule has 0 radical (unpaired) electrons. The Labute approximate surface area is 201 Å². The average Bonchev–Trinajstić information content (AvgIpc) is 3.58. The highest BCUT2D eigenvalue weighted by molar-refractivity contribution is 7.18. The third-order valence-corrected chi connectivity index (χ3v) is 7.04. The fourth-order valence-electron chi connectivity index (χ4n) is 4.35. The van der Waals surface area contributed by atoms with E-state index < -0.39 is 5.97 Å². The van der Waals surface area contributed by atoms with E-state index in [1.165, 1.54) is 11.3 Å². The van der Waals surface area contributed by atoms with Gasteiger partial charge in [-0.2, -0.15) is 0 Å². The van der Waals surface area contributed by atoms with Crippen molar-refractivity contribution in [3.05, 3.63) is 71.5 Å². The molecule has 1 atom stereocenters. The number of amides is 1. The van der Waals surface area contributed by atoms with Crippen molar-refractivity contribution in [1.82, 2.24) is 19.5 Å². The number of hydrogen-bond donors (Lipinski definition) is 1. The van der Waals surface area contributed by atoms with Crippen LogP contribution in [-0.2, 0) is 9.53 Å². The van der Waals surface area contributed by atoms with Crippen LogP contribution in [0.3, 0.4) is 0 Å². The van der Waals surface area contributed by atoms with Gasteiger partial charge in [-0.3, -0.25) is 14.1 Å². The number of ether oxygens (including phenoxy) is 1. The van der Waals surface area contributed by atoms with Crippen molar-refractivity contribution in [2.75, 3.05) is 25.0 Å². The molecule has 34 heavy (non-hydrogen) atoms. The molecule has 174 valence electrons. The summed E-state index contributed by atoms with van der Waals surface area (Å²) in [5, 5.41) is 11.6. The zero-order valence-corrected chi connectivity index (χ0v) is 19.6. The van der Waals surface area contributed by atoms with Crippen LogP contribution in [0.1, 0.15) is 41.3 Å². The molecule has 1 fully saturated rings. The van der Waals surface area contributed by atoms with Crippen LogP contribution in [0.2, 0.25) is 0 Å². The number of fused-ring (bicyclic) bond motifs is 1. The van der Waals surface area contributed by atoms with E-state index in [2.05, 4.69) is 20.4 Å². The molecule has 9 heteroatoms. The van der Waals surface area contributed by atoms with E-state index in [9.17, 15) is 9.59 Å². The average molecular weight is 476 g/mol. The Kier molecular flexibility index (Phi) is 6.37. The number of thiophene rings is 1. The van der Waals surface area contributed by atoms with E-state index >= 15 is 0 Å². The van der Waals surface area contributed by atoms with Gasteiger partial charge in [0.05, 0.1) is 24.9 Å². The van der Waals surface area contributed by atoms with E-state index in [-0.39, 0.29) is 25.1 Å². The maximum Gasteiger partial charge on any atom is 0.350 e. The SMILES string of the molecule is CCOC(=O)c1sc(-c2ccccc2)cc1NC(=O)CN1CCC[C@@H]1c1nnc2ccccn12. The van der Waals surface area contributed by atoms with E-state index in [1.54, 1.807) is 6.92 Å². The number of pyridine rings is 1. The van der Waals surface area contributed by atoms with E-state index in [4.69, 9.17) is 4.74 Å². The molecule has 1 aliphatic rings. The second-order valence-electron chi connectivity index (χ2n) is 8.10. The van der Waals surface area contributed by atoms with Crippen LogP contribution < -0.4 is 5.32 Å². The molecule has 1 amide bonds. The third-order valence-electron chi connectivity index (χ3n) is 5.87. The number of anilines is 1. The minimum Gasteiger partial charge on any atom is -0.462 e. The molecule has 1 saturated heterocycles. The van der Waals surface area contributed by atoms with Crippen LogP contribution >= 0.6 is 11.3 Å². The van der Waals surface area contributed by atoms with Crippen molar-refractivity contribution in [2.24, 2.45) is 0 Å². The number of nitrogens with zero attached hydrogens (tertiary/aromatic N) is 4. The first-order chi connectivity index (χ1) is 16.6. The standard InChI is InChI=1S/C25H25N5O3S/c1-2-33-25(32)23-18(15-20(34-23)17-9-4-3-5-10-17)26-22(31)16-29-13-8-11-19(29)24-28-27-21-12-6-7-14-30(21)24/h3-7,9-10,12,14-15,19H,2,8,11,13,16H2,1H3,(H,26,31)/t19-/m1/s1. The molecule has 4 heterocycles. The summed E-state index contributed by atoms with van der Waals surface area (Å²) in [5.74, 6) is 0.234. The Morgan fingerprint density at radius 2 is 1.97 bits per heavy atom. The largest absolute Gasteiger partial charge is 0.462 e. The summed E-state index contributed by atoms with van der Waals surface area (Å²) in [4.78, 5) is 29.1. The van der Waals surface area contributed by atoms with Gasteiger partial charge in [0.15, 0.2) is 11.5 Å². The minimum atomic E-state index is -0.432. The molecule has 8 nitrogen and oxygen atoms in total. The van der Waals surface area contributed by atoms with E-state index in [0.29, 0.717) is 10.6 Å². The number of nitrogens with one attached hydrogen (secondary N) is 1. The zero-order chi connectivity index (χ0) is 23.5. The topological polar surface area (TPSA) is 88.8 Å². The Balaban J connectivity index is 1.35. The van der Waals surface area contributed by atoms with Crippen molar-refractivity contribution < 1.29 is 14.3 Å². The Morgan fingerprint density at radius 1 is 1.15 bits per heavy atom. The van der Waals surface area contributed by atoms with Crippen LogP contribution in [0.25, 0.3) is 16.1 Å². The second-order valence-corrected chi connectivity index (χ2v) is 9.16. The normalized spacial score (nSPS) is 16.1. The van der Waals surface area contributed by atoms with Gasteiger partial charge in [-0.1, -0.05) is 36.4 Å². The summed E-state index contributed by atoms with van der Waals surface area (Å²) in [5.41, 5.74) is 2.26. The molecule has 4 aromatic rings. The molecular formula is C25H25N5O3S. The van der Waals surface area contributed by atoms with Crippen molar-refractivity contribution >= 4 is 34.5 Å². The van der Waals surface area contributed by atoms with Gasteiger partial charge < -0.3 is 10.1 Å². The summed E-state index contributed by atoms with van der Waals surface area (Å²) >= 11 is 1.32. The second kappa shape index (κ2) is 9.74. The number of carbonyl (C=O) groups is 2. The summed E-state index contributed by atoms with van der Waals surface area (Å²) < 4.78 is 7.21. The number of esters is 1. The third kappa shape index (κ3) is 4.44. The fraction of sp³-hybridized carbons (Fsp3) is 0.280. The van der Waals surface area contributed by atoms with Crippen molar-refractivity contribution in [2.45, 2.75) is 25.8 Å². The summed E-state index contributed by atoms with van der Waals surface area (Å²) in [7, 11) is 0. The van der Waals surface area contributed by atoms with Crippen molar-refractivity contribution in [3.63, 3.8) is 0 Å². The highest BCUT2D eigenvalue weighted by atomic mass is 32.1. The number of aromatic nitrogens is 3. The van der Waals surface area contributed by atoms with Gasteiger partial charge in [0.2, 0.25) is 5.91 Å². The summed E-state index contributed by atoms with van der Waals surface area (Å²) in [6.45, 7) is 3.03. The molecule has 1 N–H and O–H groups in total. The first-order valence-electron chi connectivity index (χ1n) is 11.3. The summed E-state index contributed by atoms with van der Waals surface area (Å²) in [6, 6.07) is 17.4. The number of carbonyl (C=O) groups excluding carboxylic acids is 2. The first kappa shape index (κ1) is 22.2. The Bertz CT molecular complexity index is 1320. The molecule has 5 rings (SSSR count). The molecule has 0 saturated carbocycles. The predicted octanol–water partition coefficient (Wildman–Crippen LogP) is 4.41. The highest BCUT2D eigenvalue weighted by Gasteiger charge is 2.31. The molecule has 1 aromatic carbocycles. The number of likely N-dealkylation sites (tertiary alicyclic amines) is 1. The van der Waals surface area contributed by atoms with Gasteiger partial charge in [-0.25, -0.2) is 4.79 Å². The molecule has 0 aliphatic carbocycles. The smallest absolute Gasteiger partial charge is 0.350 e. The van der Waals surface area contributed by atoms with Crippen LogP contribution in [0.15, 0.2) is 60.8 Å². The molecule has 3 aromatic heterocycles. The molecule has 0 unspecified atom stereocenters. The minimum absolute atomic E-state index is 0.00929. The monoisotopic (exact) mass is 475 g/mol. The maximum absolute atomic E-state index is 13.1. The van der Waals surface area contributed by atoms with Crippen LogP contribution in [0, 0.1) is 0 Å². The first-order valence-corrected chi connectivity index (χ1v) is 12.2. The van der Waals surface area contributed by atoms with Crippen LogP contribution in [0.4, 0.5) is 5.69 Å². The predicted molar refractivity (Wildman–Crippen MR) is 131 cm³/mol. The van der Waals surface area contributed by atoms with Gasteiger partial charge >= 0.3 is 5.97 Å². The quantitative estimate of drug-likeness (QED) is 0.398. The molecule has 1 aliphatic heterocycles. The van der Waals surface area contributed by atoms with Crippen LogP contribution in [0.5, 0.6) is 0 Å². The van der Waals surface area contributed by atoms with Crippen LogP contribution in [-0.4, -0.2) is 51.1 Å². The Hall–Kier alpha value is -3.56. The molecule has 0 spiro atoms. The van der Waals surface area contributed by atoms with E-state index in [0.717, 1.165) is 41.3 Å². The van der Waals surface area contributed by atoms with Gasteiger partial charge in [0, 0.05) is 11.1 Å². The van der Waals surface area contributed by atoms with E-state index in [1.807, 2.05) is 65.2 Å². The Morgan fingerprint density at radius 3 is 2.79 bits per heavy atom.